The van der Waals surface area contributed by atoms with Crippen molar-refractivity contribution >= 4 is 56.6 Å². The lowest BCUT2D eigenvalue weighted by molar-refractivity contribution is -0.142. The smallest absolute Gasteiger partial charge is 0.253 e. The highest BCUT2D eigenvalue weighted by Gasteiger charge is 2.44. The second-order valence-electron chi connectivity index (χ2n) is 11.4. The molecule has 1 aliphatic rings. The van der Waals surface area contributed by atoms with Crippen molar-refractivity contribution in [1.82, 2.24) is 20.5 Å². The molecule has 0 saturated carbocycles. The summed E-state index contributed by atoms with van der Waals surface area (Å²) in [5.41, 5.74) is 4.30. The molecule has 0 spiro atoms. The maximum Gasteiger partial charge on any atom is 0.253 e. The van der Waals surface area contributed by atoms with Crippen molar-refractivity contribution in [1.29, 1.82) is 0 Å². The largest absolute Gasteiger partial charge is 0.391 e. The Morgan fingerprint density at radius 1 is 1.15 bits per heavy atom. The van der Waals surface area contributed by atoms with Gasteiger partial charge in [0, 0.05) is 17.4 Å². The molecular weight excluding hydrogens is 628 g/mol. The molecule has 0 bridgehead atoms. The fraction of sp³-hybridized carbons (Fsp3) is 0.400. The molecule has 3 aromatic rings. The number of aryl methyl sites for hydroxylation is 1. The standard InChI is InChI=1S/C30H34BrClN4O4S/c1-16(18-6-8-19(9-7-18)25-17(2)33-15-41-25)34-28(39)24-13-21(37)14-36(24)29(40)26(30(3,4)5)35-27(38)22-11-10-20(31)12-23(22)32/h6-12,15-16,21,24,26,37H,13-14H2,1-5H3,(H,34,39)(H,35,38)/t16?,21-,24+,26?/m1/s1. The maximum atomic E-state index is 13.9. The predicted molar refractivity (Wildman–Crippen MR) is 165 cm³/mol. The summed E-state index contributed by atoms with van der Waals surface area (Å²) < 4.78 is 0.725. The minimum absolute atomic E-state index is 0.00428. The van der Waals surface area contributed by atoms with Gasteiger partial charge < -0.3 is 20.6 Å². The molecule has 1 fully saturated rings. The molecule has 0 radical (unpaired) electrons. The Labute approximate surface area is 257 Å². The van der Waals surface area contributed by atoms with Gasteiger partial charge in [-0.1, -0.05) is 72.6 Å². The van der Waals surface area contributed by atoms with Crippen LogP contribution in [-0.4, -0.2) is 57.4 Å². The number of thiazole rings is 1. The van der Waals surface area contributed by atoms with Crippen LogP contribution in [0.1, 0.15) is 61.8 Å². The summed E-state index contributed by atoms with van der Waals surface area (Å²) >= 11 is 11.2. The van der Waals surface area contributed by atoms with Crippen LogP contribution in [0.5, 0.6) is 0 Å². The zero-order chi connectivity index (χ0) is 30.1. The number of aliphatic hydroxyl groups excluding tert-OH is 1. The van der Waals surface area contributed by atoms with E-state index >= 15 is 0 Å². The minimum atomic E-state index is -0.963. The SMILES string of the molecule is Cc1ncsc1-c1ccc(C(C)NC(=O)[C@@H]2C[C@@H](O)CN2C(=O)C(NC(=O)c2ccc(Br)cc2Cl)C(C)(C)C)cc1. The predicted octanol–water partition coefficient (Wildman–Crippen LogP) is 5.52. The van der Waals surface area contributed by atoms with Gasteiger partial charge in [-0.05, 0) is 48.6 Å². The summed E-state index contributed by atoms with van der Waals surface area (Å²) in [7, 11) is 0. The summed E-state index contributed by atoms with van der Waals surface area (Å²) in [6.45, 7) is 9.34. The Bertz CT molecular complexity index is 1440. The van der Waals surface area contributed by atoms with Crippen LogP contribution in [0, 0.1) is 12.3 Å². The van der Waals surface area contributed by atoms with E-state index in [9.17, 15) is 19.5 Å². The Kier molecular flexibility index (Phi) is 9.58. The molecule has 3 amide bonds. The molecule has 1 saturated heterocycles. The van der Waals surface area contributed by atoms with Crippen LogP contribution in [0.2, 0.25) is 5.02 Å². The quantitative estimate of drug-likeness (QED) is 0.309. The van der Waals surface area contributed by atoms with E-state index in [-0.39, 0.29) is 35.5 Å². The molecule has 11 heteroatoms. The fourth-order valence-electron chi connectivity index (χ4n) is 4.90. The molecule has 1 aliphatic heterocycles. The molecule has 218 valence electrons. The lowest BCUT2D eigenvalue weighted by Crippen LogP contribution is -2.57. The first-order valence-electron chi connectivity index (χ1n) is 13.3. The number of carbonyl (C=O) groups excluding carboxylic acids is 3. The van der Waals surface area contributed by atoms with Gasteiger partial charge in [-0.3, -0.25) is 14.4 Å². The Morgan fingerprint density at radius 3 is 2.41 bits per heavy atom. The molecular formula is C30H34BrClN4O4S. The molecule has 0 aliphatic carbocycles. The van der Waals surface area contributed by atoms with Crippen molar-refractivity contribution in [2.24, 2.45) is 5.41 Å². The highest BCUT2D eigenvalue weighted by atomic mass is 79.9. The van der Waals surface area contributed by atoms with Gasteiger partial charge in [0.05, 0.1) is 38.8 Å². The number of aromatic nitrogens is 1. The number of hydrogen-bond acceptors (Lipinski definition) is 6. The summed E-state index contributed by atoms with van der Waals surface area (Å²) in [5, 5.41) is 16.6. The third-order valence-electron chi connectivity index (χ3n) is 7.21. The Morgan fingerprint density at radius 2 is 1.83 bits per heavy atom. The number of rotatable bonds is 7. The first kappa shape index (κ1) is 31.2. The fourth-order valence-corrected chi connectivity index (χ4v) is 6.47. The lowest BCUT2D eigenvalue weighted by atomic mass is 9.85. The molecule has 2 unspecified atom stereocenters. The Balaban J connectivity index is 1.48. The van der Waals surface area contributed by atoms with Crippen molar-refractivity contribution in [2.45, 2.75) is 65.3 Å². The number of likely N-dealkylation sites (tertiary alicyclic amines) is 1. The third-order valence-corrected chi connectivity index (χ3v) is 8.99. The monoisotopic (exact) mass is 660 g/mol. The van der Waals surface area contributed by atoms with E-state index in [2.05, 4.69) is 31.5 Å². The van der Waals surface area contributed by atoms with Gasteiger partial charge in [-0.2, -0.15) is 0 Å². The van der Waals surface area contributed by atoms with E-state index in [1.807, 2.05) is 64.4 Å². The second kappa shape index (κ2) is 12.6. The first-order chi connectivity index (χ1) is 19.3. The number of benzene rings is 2. The molecule has 8 nitrogen and oxygen atoms in total. The zero-order valence-electron chi connectivity index (χ0n) is 23.6. The average Bonchev–Trinajstić information content (AvgIpc) is 3.51. The number of β-amino-alcohol motifs (C(OH)–C–C–N with tert-alkyl or cyclic N) is 1. The number of amides is 3. The van der Waals surface area contributed by atoms with Gasteiger partial charge in [0.25, 0.3) is 5.91 Å². The van der Waals surface area contributed by atoms with Crippen LogP contribution in [0.25, 0.3) is 10.4 Å². The van der Waals surface area contributed by atoms with E-state index < -0.39 is 35.4 Å². The van der Waals surface area contributed by atoms with Crippen LogP contribution >= 0.6 is 38.9 Å². The average molecular weight is 662 g/mol. The van der Waals surface area contributed by atoms with Crippen LogP contribution in [-0.2, 0) is 9.59 Å². The van der Waals surface area contributed by atoms with Gasteiger partial charge in [0.2, 0.25) is 11.8 Å². The number of hydrogen-bond donors (Lipinski definition) is 3. The van der Waals surface area contributed by atoms with Crippen LogP contribution < -0.4 is 10.6 Å². The molecule has 2 heterocycles. The molecule has 3 N–H and O–H groups in total. The number of nitrogens with one attached hydrogen (secondary N) is 2. The molecule has 41 heavy (non-hydrogen) atoms. The van der Waals surface area contributed by atoms with Crippen molar-refractivity contribution < 1.29 is 19.5 Å². The summed E-state index contributed by atoms with van der Waals surface area (Å²) in [6, 6.07) is 10.6. The zero-order valence-corrected chi connectivity index (χ0v) is 26.7. The first-order valence-corrected chi connectivity index (χ1v) is 15.4. The van der Waals surface area contributed by atoms with Crippen molar-refractivity contribution in [3.05, 3.63) is 74.3 Å². The van der Waals surface area contributed by atoms with E-state index in [1.54, 1.807) is 29.5 Å². The van der Waals surface area contributed by atoms with E-state index in [0.717, 1.165) is 26.2 Å². The van der Waals surface area contributed by atoms with Crippen molar-refractivity contribution in [3.63, 3.8) is 0 Å². The van der Waals surface area contributed by atoms with Crippen LogP contribution in [0.3, 0.4) is 0 Å². The molecule has 2 aromatic carbocycles. The number of nitrogens with zero attached hydrogens (tertiary/aromatic N) is 2. The Hall–Kier alpha value is -2.79. The second-order valence-corrected chi connectivity index (χ2v) is 13.6. The van der Waals surface area contributed by atoms with Gasteiger partial charge in [-0.25, -0.2) is 4.98 Å². The highest BCUT2D eigenvalue weighted by Crippen LogP contribution is 2.30. The van der Waals surface area contributed by atoms with E-state index in [0.29, 0.717) is 0 Å². The van der Waals surface area contributed by atoms with Gasteiger partial charge in [-0.15, -0.1) is 11.3 Å². The van der Waals surface area contributed by atoms with Crippen molar-refractivity contribution in [3.8, 4) is 10.4 Å². The lowest BCUT2D eigenvalue weighted by Gasteiger charge is -2.35. The number of aliphatic hydroxyl groups is 1. The maximum absolute atomic E-state index is 13.9. The number of halogens is 2. The molecule has 4 atom stereocenters. The highest BCUT2D eigenvalue weighted by molar-refractivity contribution is 9.10. The van der Waals surface area contributed by atoms with Gasteiger partial charge in [0.15, 0.2) is 0 Å². The molecule has 1 aromatic heterocycles. The summed E-state index contributed by atoms with van der Waals surface area (Å²) in [4.78, 5) is 47.2. The van der Waals surface area contributed by atoms with Gasteiger partial charge in [0.1, 0.15) is 12.1 Å². The van der Waals surface area contributed by atoms with Crippen LogP contribution in [0.4, 0.5) is 0 Å². The van der Waals surface area contributed by atoms with E-state index in [4.69, 9.17) is 11.6 Å². The van der Waals surface area contributed by atoms with Gasteiger partial charge >= 0.3 is 0 Å². The normalized spacial score (nSPS) is 18.6. The van der Waals surface area contributed by atoms with Crippen LogP contribution in [0.15, 0.2) is 52.4 Å². The number of carbonyl (C=O) groups is 3. The molecule has 4 rings (SSSR count). The summed E-state index contributed by atoms with van der Waals surface area (Å²) in [6.07, 6.45) is -0.749. The van der Waals surface area contributed by atoms with Crippen molar-refractivity contribution in [2.75, 3.05) is 6.54 Å². The minimum Gasteiger partial charge on any atom is -0.391 e. The summed E-state index contributed by atoms with van der Waals surface area (Å²) in [5.74, 6) is -1.30. The topological polar surface area (TPSA) is 112 Å². The third kappa shape index (κ3) is 7.17. The van der Waals surface area contributed by atoms with E-state index in [1.165, 1.54) is 4.90 Å².